The summed E-state index contributed by atoms with van der Waals surface area (Å²) in [6.45, 7) is 5.56. The van der Waals surface area contributed by atoms with Gasteiger partial charge in [-0.1, -0.05) is 29.8 Å². The van der Waals surface area contributed by atoms with Crippen LogP contribution in [0, 0.1) is 0 Å². The van der Waals surface area contributed by atoms with E-state index in [-0.39, 0.29) is 6.42 Å². The van der Waals surface area contributed by atoms with E-state index in [1.54, 1.807) is 45.0 Å². The number of hydrogen-bond acceptors (Lipinski definition) is 4. The molecule has 0 saturated carbocycles. The Morgan fingerprint density at radius 3 is 2.57 bits per heavy atom. The van der Waals surface area contributed by atoms with E-state index in [0.29, 0.717) is 30.0 Å². The van der Waals surface area contributed by atoms with Crippen molar-refractivity contribution in [3.63, 3.8) is 0 Å². The minimum Gasteiger partial charge on any atom is -0.548 e. The second kappa shape index (κ2) is 6.40. The van der Waals surface area contributed by atoms with Crippen molar-refractivity contribution in [1.82, 2.24) is 4.90 Å². The van der Waals surface area contributed by atoms with Gasteiger partial charge in [-0.25, -0.2) is 4.79 Å². The lowest BCUT2D eigenvalue weighted by Gasteiger charge is -2.40. The van der Waals surface area contributed by atoms with E-state index in [9.17, 15) is 14.7 Å². The Hall–Kier alpha value is -1.75. The number of amides is 1. The van der Waals surface area contributed by atoms with Crippen molar-refractivity contribution in [2.75, 3.05) is 6.54 Å². The molecule has 23 heavy (non-hydrogen) atoms. The highest BCUT2D eigenvalue weighted by Crippen LogP contribution is 2.35. The van der Waals surface area contributed by atoms with Crippen LogP contribution in [0.2, 0.25) is 5.02 Å². The van der Waals surface area contributed by atoms with Crippen molar-refractivity contribution in [1.29, 1.82) is 0 Å². The molecule has 0 aliphatic carbocycles. The molecule has 1 aliphatic rings. The van der Waals surface area contributed by atoms with Crippen LogP contribution in [0.3, 0.4) is 0 Å². The maximum absolute atomic E-state index is 12.4. The van der Waals surface area contributed by atoms with Gasteiger partial charge in [0, 0.05) is 18.0 Å². The molecule has 1 amide bonds. The smallest absolute Gasteiger partial charge is 0.411 e. The number of halogens is 1. The Balaban J connectivity index is 2.33. The molecule has 0 bridgehead atoms. The van der Waals surface area contributed by atoms with Crippen LogP contribution in [-0.4, -0.2) is 34.6 Å². The summed E-state index contributed by atoms with van der Waals surface area (Å²) in [5.41, 5.74) is -1.44. The van der Waals surface area contributed by atoms with E-state index in [0.717, 1.165) is 0 Å². The first kappa shape index (κ1) is 17.6. The van der Waals surface area contributed by atoms with Crippen molar-refractivity contribution in [2.45, 2.75) is 51.2 Å². The number of ether oxygens (including phenoxy) is 1. The third-order valence-corrected chi connectivity index (χ3v) is 4.29. The van der Waals surface area contributed by atoms with E-state index < -0.39 is 23.2 Å². The Labute approximate surface area is 141 Å². The lowest BCUT2D eigenvalue weighted by Crippen LogP contribution is -2.60. The molecular formula is C17H21ClNO4-. The average Bonchev–Trinajstić information content (AvgIpc) is 2.84. The zero-order chi connectivity index (χ0) is 17.3. The van der Waals surface area contributed by atoms with Crippen LogP contribution in [0.5, 0.6) is 0 Å². The fourth-order valence-corrected chi connectivity index (χ4v) is 3.09. The lowest BCUT2D eigenvalue weighted by atomic mass is 9.88. The molecule has 2 rings (SSSR count). The Morgan fingerprint density at radius 2 is 2.00 bits per heavy atom. The molecule has 0 spiro atoms. The molecule has 6 heteroatoms. The summed E-state index contributed by atoms with van der Waals surface area (Å²) in [4.78, 5) is 25.6. The highest BCUT2D eigenvalue weighted by Gasteiger charge is 2.46. The van der Waals surface area contributed by atoms with Crippen LogP contribution in [0.25, 0.3) is 0 Å². The fraction of sp³-hybridized carbons (Fsp3) is 0.529. The Bertz CT molecular complexity index is 611. The lowest BCUT2D eigenvalue weighted by molar-refractivity contribution is -0.317. The molecule has 0 aromatic heterocycles. The van der Waals surface area contributed by atoms with E-state index >= 15 is 0 Å². The molecule has 0 radical (unpaired) electrons. The summed E-state index contributed by atoms with van der Waals surface area (Å²) in [6.07, 6.45) is 0.373. The predicted octanol–water partition coefficient (Wildman–Crippen LogP) is 2.40. The van der Waals surface area contributed by atoms with Gasteiger partial charge in [-0.3, -0.25) is 4.90 Å². The Morgan fingerprint density at radius 1 is 1.35 bits per heavy atom. The molecule has 1 heterocycles. The summed E-state index contributed by atoms with van der Waals surface area (Å²) in [7, 11) is 0. The minimum absolute atomic E-state index is 0.105. The zero-order valence-electron chi connectivity index (χ0n) is 13.6. The van der Waals surface area contributed by atoms with E-state index in [1.165, 1.54) is 4.90 Å². The van der Waals surface area contributed by atoms with Gasteiger partial charge in [0.15, 0.2) is 0 Å². The third kappa shape index (κ3) is 3.78. The molecule has 1 fully saturated rings. The molecule has 5 nitrogen and oxygen atoms in total. The Kier molecular flexibility index (Phi) is 4.90. The number of nitrogens with zero attached hydrogens (tertiary/aromatic N) is 1. The monoisotopic (exact) mass is 338 g/mol. The highest BCUT2D eigenvalue weighted by atomic mass is 35.5. The molecule has 1 aliphatic heterocycles. The van der Waals surface area contributed by atoms with Crippen LogP contribution in [0.1, 0.15) is 39.2 Å². The summed E-state index contributed by atoms with van der Waals surface area (Å²) >= 11 is 6.16. The summed E-state index contributed by atoms with van der Waals surface area (Å²) < 4.78 is 5.36. The van der Waals surface area contributed by atoms with Gasteiger partial charge in [-0.05, 0) is 45.2 Å². The largest absolute Gasteiger partial charge is 0.548 e. The third-order valence-electron chi connectivity index (χ3n) is 3.92. The number of carboxylic acids is 1. The molecule has 0 unspecified atom stereocenters. The quantitative estimate of drug-likeness (QED) is 0.848. The number of benzene rings is 1. The fourth-order valence-electron chi connectivity index (χ4n) is 2.89. The maximum Gasteiger partial charge on any atom is 0.411 e. The molecule has 126 valence electrons. The standard InChI is InChI=1S/C17H22ClNO4/c1-16(2,3)23-15(22)19-10-6-9-17(19,14(20)21)11-12-7-4-5-8-13(12)18/h4-5,7-8H,6,9-11H2,1-3H3,(H,20,21)/p-1/t17-/m0/s1. The molecule has 0 N–H and O–H groups in total. The molecular weight excluding hydrogens is 318 g/mol. The SMILES string of the molecule is CC(C)(C)OC(=O)N1CCC[C@]1(Cc1ccccc1Cl)C(=O)[O-]. The number of aliphatic carboxylic acids is 1. The molecule has 1 saturated heterocycles. The van der Waals surface area contributed by atoms with Crippen molar-refractivity contribution >= 4 is 23.7 Å². The highest BCUT2D eigenvalue weighted by molar-refractivity contribution is 6.31. The topological polar surface area (TPSA) is 69.7 Å². The van der Waals surface area contributed by atoms with Gasteiger partial charge >= 0.3 is 6.09 Å². The van der Waals surface area contributed by atoms with Gasteiger partial charge in [0.05, 0.1) is 11.5 Å². The number of rotatable bonds is 3. The number of likely N-dealkylation sites (tertiary alicyclic amines) is 1. The number of carbonyl (C=O) groups excluding carboxylic acids is 2. The summed E-state index contributed by atoms with van der Waals surface area (Å²) in [5, 5.41) is 12.4. The van der Waals surface area contributed by atoms with Crippen LogP contribution >= 0.6 is 11.6 Å². The molecule has 1 aromatic carbocycles. The molecule has 1 aromatic rings. The maximum atomic E-state index is 12.4. The van der Waals surface area contributed by atoms with Crippen molar-refractivity contribution in [3.8, 4) is 0 Å². The second-order valence-electron chi connectivity index (χ2n) is 6.82. The average molecular weight is 339 g/mol. The van der Waals surface area contributed by atoms with Gasteiger partial charge in [0.2, 0.25) is 0 Å². The number of hydrogen-bond donors (Lipinski definition) is 0. The van der Waals surface area contributed by atoms with Crippen LogP contribution < -0.4 is 5.11 Å². The van der Waals surface area contributed by atoms with Gasteiger partial charge in [0.1, 0.15) is 5.60 Å². The van der Waals surface area contributed by atoms with E-state index in [1.807, 2.05) is 0 Å². The first-order valence-corrected chi connectivity index (χ1v) is 7.99. The number of carboxylic acid groups (broad SMARTS) is 1. The summed E-state index contributed by atoms with van der Waals surface area (Å²) in [6, 6.07) is 7.03. The van der Waals surface area contributed by atoms with Gasteiger partial charge < -0.3 is 14.6 Å². The normalized spacial score (nSPS) is 21.3. The van der Waals surface area contributed by atoms with Crippen LogP contribution in [0.4, 0.5) is 4.79 Å². The molecule has 1 atom stereocenters. The zero-order valence-corrected chi connectivity index (χ0v) is 14.4. The first-order valence-electron chi connectivity index (χ1n) is 7.61. The first-order chi connectivity index (χ1) is 10.7. The van der Waals surface area contributed by atoms with Crippen molar-refractivity contribution in [2.24, 2.45) is 0 Å². The van der Waals surface area contributed by atoms with Gasteiger partial charge in [-0.2, -0.15) is 0 Å². The van der Waals surface area contributed by atoms with Crippen molar-refractivity contribution in [3.05, 3.63) is 34.9 Å². The number of carbonyl (C=O) groups is 2. The van der Waals surface area contributed by atoms with E-state index in [4.69, 9.17) is 16.3 Å². The van der Waals surface area contributed by atoms with Gasteiger partial charge in [-0.15, -0.1) is 0 Å². The van der Waals surface area contributed by atoms with Crippen molar-refractivity contribution < 1.29 is 19.4 Å². The van der Waals surface area contributed by atoms with Gasteiger partial charge in [0.25, 0.3) is 0 Å². The minimum atomic E-state index is -1.42. The van der Waals surface area contributed by atoms with Crippen LogP contribution in [-0.2, 0) is 16.0 Å². The van der Waals surface area contributed by atoms with E-state index in [2.05, 4.69) is 0 Å². The second-order valence-corrected chi connectivity index (χ2v) is 7.23. The predicted molar refractivity (Wildman–Crippen MR) is 85.1 cm³/mol. The van der Waals surface area contributed by atoms with Crippen LogP contribution in [0.15, 0.2) is 24.3 Å². The summed E-state index contributed by atoms with van der Waals surface area (Å²) in [5.74, 6) is -1.28.